The van der Waals surface area contributed by atoms with Crippen LogP contribution in [0, 0.1) is 10.1 Å². The van der Waals surface area contributed by atoms with E-state index < -0.39 is 60.8 Å². The average molecular weight is 486 g/mol. The molecule has 0 aliphatic heterocycles. The Morgan fingerprint density at radius 1 is 0.800 bits per heavy atom. The number of nitro groups is 1. The minimum Gasteiger partial charge on any atom is -0.456 e. The van der Waals surface area contributed by atoms with Gasteiger partial charge in [0.15, 0.2) is 6.61 Å². The normalized spacial score (nSPS) is 9.94. The summed E-state index contributed by atoms with van der Waals surface area (Å²) < 4.78 is 9.67. The van der Waals surface area contributed by atoms with E-state index in [1.165, 1.54) is 18.2 Å². The SMILES string of the molecule is O=C(CNC(=O)CNC(=O)OCc1ccccc1)NCC(=O)OCC(=O)c1cccc([N+](=O)[O-])c1. The molecule has 0 aliphatic carbocycles. The van der Waals surface area contributed by atoms with Gasteiger partial charge < -0.3 is 25.4 Å². The Bertz CT molecular complexity index is 1090. The van der Waals surface area contributed by atoms with Gasteiger partial charge in [0.2, 0.25) is 17.6 Å². The van der Waals surface area contributed by atoms with Gasteiger partial charge in [-0.3, -0.25) is 29.3 Å². The molecule has 0 fully saturated rings. The summed E-state index contributed by atoms with van der Waals surface area (Å²) in [5, 5.41) is 17.4. The van der Waals surface area contributed by atoms with Crippen LogP contribution in [0.3, 0.4) is 0 Å². The molecule has 0 saturated heterocycles. The van der Waals surface area contributed by atoms with Crippen LogP contribution in [0.25, 0.3) is 0 Å². The first-order valence-electron chi connectivity index (χ1n) is 10.2. The largest absolute Gasteiger partial charge is 0.456 e. The number of ether oxygens (including phenoxy) is 2. The molecule has 184 valence electrons. The molecule has 0 atom stereocenters. The molecule has 0 unspecified atom stereocenters. The summed E-state index contributed by atoms with van der Waals surface area (Å²) in [5.74, 6) is -2.96. The monoisotopic (exact) mass is 486 g/mol. The lowest BCUT2D eigenvalue weighted by molar-refractivity contribution is -0.384. The van der Waals surface area contributed by atoms with Crippen LogP contribution >= 0.6 is 0 Å². The van der Waals surface area contributed by atoms with Crippen LogP contribution in [0.4, 0.5) is 10.5 Å². The molecule has 0 spiro atoms. The van der Waals surface area contributed by atoms with Gasteiger partial charge in [0, 0.05) is 17.7 Å². The second kappa shape index (κ2) is 13.7. The lowest BCUT2D eigenvalue weighted by Gasteiger charge is -2.09. The van der Waals surface area contributed by atoms with E-state index >= 15 is 0 Å². The van der Waals surface area contributed by atoms with Gasteiger partial charge in [0.05, 0.1) is 11.5 Å². The molecule has 13 heteroatoms. The first-order chi connectivity index (χ1) is 16.7. The van der Waals surface area contributed by atoms with E-state index in [1.54, 1.807) is 24.3 Å². The van der Waals surface area contributed by atoms with Crippen LogP contribution in [0.5, 0.6) is 0 Å². The predicted octanol–water partition coefficient (Wildman–Crippen LogP) is 0.480. The minimum absolute atomic E-state index is 0.00342. The van der Waals surface area contributed by atoms with Gasteiger partial charge in [0.1, 0.15) is 19.7 Å². The molecule has 0 radical (unpaired) electrons. The number of rotatable bonds is 12. The van der Waals surface area contributed by atoms with Crippen molar-refractivity contribution in [2.75, 3.05) is 26.2 Å². The van der Waals surface area contributed by atoms with E-state index in [0.717, 1.165) is 11.6 Å². The van der Waals surface area contributed by atoms with Crippen molar-refractivity contribution in [1.29, 1.82) is 0 Å². The number of benzene rings is 2. The fourth-order valence-corrected chi connectivity index (χ4v) is 2.47. The maximum atomic E-state index is 12.0. The number of Topliss-reactive ketones (excluding diaryl/α,β-unsaturated/α-hetero) is 1. The van der Waals surface area contributed by atoms with Crippen LogP contribution in [-0.4, -0.2) is 60.8 Å². The third-order valence-electron chi connectivity index (χ3n) is 4.23. The molecular formula is C22H22N4O9. The summed E-state index contributed by atoms with van der Waals surface area (Å²) >= 11 is 0. The van der Waals surface area contributed by atoms with Crippen LogP contribution in [0.2, 0.25) is 0 Å². The molecular weight excluding hydrogens is 464 g/mol. The molecule has 2 aromatic carbocycles. The number of amides is 3. The molecule has 0 bridgehead atoms. The van der Waals surface area contributed by atoms with Crippen LogP contribution < -0.4 is 16.0 Å². The Kier molecular flexibility index (Phi) is 10.3. The highest BCUT2D eigenvalue weighted by Gasteiger charge is 2.15. The molecule has 0 heterocycles. The zero-order valence-electron chi connectivity index (χ0n) is 18.4. The number of nitrogens with zero attached hydrogens (tertiary/aromatic N) is 1. The van der Waals surface area contributed by atoms with Crippen molar-refractivity contribution in [3.05, 3.63) is 75.8 Å². The zero-order chi connectivity index (χ0) is 25.6. The lowest BCUT2D eigenvalue weighted by Crippen LogP contribution is -2.43. The highest BCUT2D eigenvalue weighted by Crippen LogP contribution is 2.13. The molecule has 0 aromatic heterocycles. The van der Waals surface area contributed by atoms with E-state index in [9.17, 15) is 34.1 Å². The number of esters is 1. The predicted molar refractivity (Wildman–Crippen MR) is 119 cm³/mol. The number of carbonyl (C=O) groups excluding carboxylic acids is 5. The molecule has 2 aromatic rings. The van der Waals surface area contributed by atoms with Gasteiger partial charge in [-0.05, 0) is 5.56 Å². The third-order valence-corrected chi connectivity index (χ3v) is 4.23. The number of alkyl carbamates (subject to hydrolysis) is 1. The molecule has 13 nitrogen and oxygen atoms in total. The van der Waals surface area contributed by atoms with E-state index in [1.807, 2.05) is 6.07 Å². The number of carbonyl (C=O) groups is 5. The standard InChI is InChI=1S/C22H22N4O9/c27-18(16-7-4-8-17(9-16)26(32)33)14-34-21(30)12-24-19(28)10-23-20(29)11-25-22(31)35-13-15-5-2-1-3-6-15/h1-9H,10-14H2,(H,23,29)(H,24,28)(H,25,31). The molecule has 0 saturated carbocycles. The average Bonchev–Trinajstić information content (AvgIpc) is 2.87. The number of non-ortho nitro benzene ring substituents is 1. The fraction of sp³-hybridized carbons (Fsp3) is 0.227. The van der Waals surface area contributed by atoms with Crippen LogP contribution in [0.15, 0.2) is 54.6 Å². The summed E-state index contributed by atoms with van der Waals surface area (Å²) in [4.78, 5) is 68.8. The van der Waals surface area contributed by atoms with Crippen LogP contribution in [0.1, 0.15) is 15.9 Å². The first-order valence-corrected chi connectivity index (χ1v) is 10.2. The Hall–Kier alpha value is -4.81. The van der Waals surface area contributed by atoms with Gasteiger partial charge in [-0.2, -0.15) is 0 Å². The van der Waals surface area contributed by atoms with Crippen molar-refractivity contribution in [3.63, 3.8) is 0 Å². The number of hydrogen-bond acceptors (Lipinski definition) is 9. The van der Waals surface area contributed by atoms with Crippen molar-refractivity contribution >= 4 is 35.3 Å². The van der Waals surface area contributed by atoms with Crippen molar-refractivity contribution in [1.82, 2.24) is 16.0 Å². The Labute approximate surface area is 198 Å². The number of hydrogen-bond donors (Lipinski definition) is 3. The second-order valence-electron chi connectivity index (χ2n) is 6.86. The zero-order valence-corrected chi connectivity index (χ0v) is 18.4. The summed E-state index contributed by atoms with van der Waals surface area (Å²) in [6.45, 7) is -2.11. The van der Waals surface area contributed by atoms with Crippen molar-refractivity contribution in [2.24, 2.45) is 0 Å². The van der Waals surface area contributed by atoms with Crippen LogP contribution in [-0.2, 0) is 30.5 Å². The van der Waals surface area contributed by atoms with Gasteiger partial charge in [0.25, 0.3) is 5.69 Å². The molecule has 3 amide bonds. The van der Waals surface area contributed by atoms with Gasteiger partial charge in [-0.25, -0.2) is 4.79 Å². The quantitative estimate of drug-likeness (QED) is 0.166. The molecule has 2 rings (SSSR count). The maximum absolute atomic E-state index is 12.0. The Morgan fingerprint density at radius 2 is 1.46 bits per heavy atom. The number of ketones is 1. The van der Waals surface area contributed by atoms with Crippen molar-refractivity contribution < 1.29 is 38.4 Å². The van der Waals surface area contributed by atoms with Gasteiger partial charge in [-0.1, -0.05) is 42.5 Å². The Morgan fingerprint density at radius 3 is 2.14 bits per heavy atom. The van der Waals surface area contributed by atoms with Crippen molar-refractivity contribution in [3.8, 4) is 0 Å². The van der Waals surface area contributed by atoms with Crippen molar-refractivity contribution in [2.45, 2.75) is 6.61 Å². The fourth-order valence-electron chi connectivity index (χ4n) is 2.47. The lowest BCUT2D eigenvalue weighted by atomic mass is 10.1. The molecule has 35 heavy (non-hydrogen) atoms. The Balaban J connectivity index is 1.58. The van der Waals surface area contributed by atoms with Gasteiger partial charge >= 0.3 is 12.1 Å². The van der Waals surface area contributed by atoms with Gasteiger partial charge in [-0.15, -0.1) is 0 Å². The molecule has 0 aliphatic rings. The van der Waals surface area contributed by atoms with E-state index in [2.05, 4.69) is 16.0 Å². The molecule has 3 N–H and O–H groups in total. The first kappa shape index (κ1) is 26.4. The summed E-state index contributed by atoms with van der Waals surface area (Å²) in [5.41, 5.74) is 0.489. The highest BCUT2D eigenvalue weighted by molar-refractivity contribution is 5.98. The smallest absolute Gasteiger partial charge is 0.407 e. The second-order valence-corrected chi connectivity index (χ2v) is 6.86. The maximum Gasteiger partial charge on any atom is 0.407 e. The van der Waals surface area contributed by atoms with E-state index in [0.29, 0.717) is 0 Å². The number of nitro benzene ring substituents is 1. The topological polar surface area (TPSA) is 183 Å². The minimum atomic E-state index is -0.925. The van der Waals surface area contributed by atoms with E-state index in [-0.39, 0.29) is 17.9 Å². The van der Waals surface area contributed by atoms with E-state index in [4.69, 9.17) is 9.47 Å². The third kappa shape index (κ3) is 10.1. The summed E-state index contributed by atoms with van der Waals surface area (Å²) in [6.07, 6.45) is -0.809. The summed E-state index contributed by atoms with van der Waals surface area (Å²) in [7, 11) is 0. The summed E-state index contributed by atoms with van der Waals surface area (Å²) in [6, 6.07) is 13.9. The number of nitrogens with one attached hydrogen (secondary N) is 3. The highest BCUT2D eigenvalue weighted by atomic mass is 16.6.